The molecular formula is C24H33ClO5. The third-order valence-corrected chi connectivity index (χ3v) is 4.72. The lowest BCUT2D eigenvalue weighted by molar-refractivity contribution is -0.134. The van der Waals surface area contributed by atoms with Gasteiger partial charge in [-0.05, 0) is 37.5 Å². The van der Waals surface area contributed by atoms with E-state index in [-0.39, 0.29) is 12.4 Å². The molecule has 0 amide bonds. The first-order valence-electron chi connectivity index (χ1n) is 10.9. The van der Waals surface area contributed by atoms with E-state index in [1.807, 2.05) is 19.9 Å². The van der Waals surface area contributed by atoms with Crippen LogP contribution >= 0.6 is 11.6 Å². The average Bonchev–Trinajstić information content (AvgIpc) is 2.75. The van der Waals surface area contributed by atoms with Crippen LogP contribution in [0.5, 0.6) is 23.0 Å². The Labute approximate surface area is 184 Å². The molecule has 0 saturated heterocycles. The Morgan fingerprint density at radius 3 is 2.00 bits per heavy atom. The van der Waals surface area contributed by atoms with Crippen LogP contribution in [0.3, 0.4) is 0 Å². The van der Waals surface area contributed by atoms with Gasteiger partial charge in [-0.25, -0.2) is 0 Å². The van der Waals surface area contributed by atoms with E-state index in [4.69, 9.17) is 30.5 Å². The number of fused-ring (bicyclic) bond motifs is 1. The van der Waals surface area contributed by atoms with Crippen LogP contribution in [0.2, 0.25) is 5.02 Å². The fraction of sp³-hybridized carbons (Fsp3) is 0.542. The van der Waals surface area contributed by atoms with Gasteiger partial charge in [0.25, 0.3) is 0 Å². The van der Waals surface area contributed by atoms with Crippen molar-refractivity contribution in [3.05, 3.63) is 23.2 Å². The molecule has 0 aliphatic carbocycles. The van der Waals surface area contributed by atoms with Crippen LogP contribution in [0.4, 0.5) is 0 Å². The quantitative estimate of drug-likeness (QED) is 0.193. The van der Waals surface area contributed by atoms with Gasteiger partial charge in [0.1, 0.15) is 0 Å². The van der Waals surface area contributed by atoms with E-state index in [2.05, 4.69) is 6.92 Å². The topological polar surface area (TPSA) is 54.0 Å². The summed E-state index contributed by atoms with van der Waals surface area (Å²) in [6.45, 7) is 9.48. The van der Waals surface area contributed by atoms with Crippen molar-refractivity contribution in [2.45, 2.75) is 66.2 Å². The molecule has 2 aromatic rings. The number of ether oxygens (including phenoxy) is 4. The number of benzene rings is 2. The standard InChI is InChI=1S/C24H33ClO5/c1-5-9-10-15-29-21-18-12-11-17(25)16-19(18)22(30-20(26)8-4)24(28-14-7-3)23(21)27-13-6-2/h11-12,16H,5-10,13-15H2,1-4H3. The van der Waals surface area contributed by atoms with E-state index >= 15 is 0 Å². The summed E-state index contributed by atoms with van der Waals surface area (Å²) in [7, 11) is 0. The zero-order chi connectivity index (χ0) is 21.9. The minimum Gasteiger partial charge on any atom is -0.489 e. The van der Waals surface area contributed by atoms with Crippen LogP contribution < -0.4 is 18.9 Å². The summed E-state index contributed by atoms with van der Waals surface area (Å²) in [6.07, 6.45) is 5.00. The van der Waals surface area contributed by atoms with Crippen molar-refractivity contribution in [3.8, 4) is 23.0 Å². The monoisotopic (exact) mass is 436 g/mol. The Morgan fingerprint density at radius 2 is 1.40 bits per heavy atom. The largest absolute Gasteiger partial charge is 0.489 e. The number of hydrogen-bond donors (Lipinski definition) is 0. The van der Waals surface area contributed by atoms with Gasteiger partial charge >= 0.3 is 5.97 Å². The highest BCUT2D eigenvalue weighted by molar-refractivity contribution is 6.31. The smallest absolute Gasteiger partial charge is 0.311 e. The molecule has 0 aromatic heterocycles. The van der Waals surface area contributed by atoms with Crippen molar-refractivity contribution in [1.82, 2.24) is 0 Å². The van der Waals surface area contributed by atoms with Gasteiger partial charge in [-0.3, -0.25) is 4.79 Å². The molecule has 5 nitrogen and oxygen atoms in total. The van der Waals surface area contributed by atoms with E-state index < -0.39 is 0 Å². The van der Waals surface area contributed by atoms with Gasteiger partial charge < -0.3 is 18.9 Å². The maximum Gasteiger partial charge on any atom is 0.311 e. The lowest BCUT2D eigenvalue weighted by atomic mass is 10.1. The van der Waals surface area contributed by atoms with Gasteiger partial charge in [0.2, 0.25) is 11.5 Å². The molecule has 0 N–H and O–H groups in total. The summed E-state index contributed by atoms with van der Waals surface area (Å²) in [5, 5.41) is 1.99. The van der Waals surface area contributed by atoms with Crippen molar-refractivity contribution in [2.24, 2.45) is 0 Å². The van der Waals surface area contributed by atoms with E-state index in [0.717, 1.165) is 37.5 Å². The van der Waals surface area contributed by atoms with Gasteiger partial charge in [0.15, 0.2) is 11.5 Å². The van der Waals surface area contributed by atoms with E-state index in [1.165, 1.54) is 0 Å². The Kier molecular flexibility index (Phi) is 10.1. The molecule has 0 fully saturated rings. The molecule has 6 heteroatoms. The van der Waals surface area contributed by atoms with Crippen LogP contribution in [0.25, 0.3) is 10.8 Å². The Morgan fingerprint density at radius 1 is 0.767 bits per heavy atom. The Hall–Kier alpha value is -2.14. The first-order valence-corrected chi connectivity index (χ1v) is 11.3. The number of esters is 1. The number of carbonyl (C=O) groups is 1. The third kappa shape index (κ3) is 6.18. The van der Waals surface area contributed by atoms with E-state index in [0.29, 0.717) is 53.2 Å². The molecule has 0 atom stereocenters. The van der Waals surface area contributed by atoms with Crippen molar-refractivity contribution >= 4 is 28.3 Å². The van der Waals surface area contributed by atoms with E-state index in [1.54, 1.807) is 19.1 Å². The first-order chi connectivity index (χ1) is 14.6. The van der Waals surface area contributed by atoms with Crippen molar-refractivity contribution in [3.63, 3.8) is 0 Å². The zero-order valence-electron chi connectivity index (χ0n) is 18.5. The van der Waals surface area contributed by atoms with Gasteiger partial charge in [-0.1, -0.05) is 52.1 Å². The third-order valence-electron chi connectivity index (χ3n) is 4.49. The molecule has 2 aromatic carbocycles. The molecule has 0 aliphatic rings. The second kappa shape index (κ2) is 12.5. The molecule has 0 heterocycles. The molecule has 0 aliphatic heterocycles. The predicted octanol–water partition coefficient (Wildman–Crippen LogP) is 6.96. The molecular weight excluding hydrogens is 404 g/mol. The lowest BCUT2D eigenvalue weighted by Gasteiger charge is -2.22. The number of carbonyl (C=O) groups excluding carboxylic acids is 1. The Balaban J connectivity index is 2.72. The summed E-state index contributed by atoms with van der Waals surface area (Å²) in [5.41, 5.74) is 0. The van der Waals surface area contributed by atoms with Crippen molar-refractivity contribution < 1.29 is 23.7 Å². The van der Waals surface area contributed by atoms with Crippen LogP contribution in [0, 0.1) is 0 Å². The summed E-state index contributed by atoms with van der Waals surface area (Å²) >= 11 is 6.29. The van der Waals surface area contributed by atoms with Gasteiger partial charge in [0, 0.05) is 22.2 Å². The number of unbranched alkanes of at least 4 members (excludes halogenated alkanes) is 2. The van der Waals surface area contributed by atoms with Crippen LogP contribution in [0.1, 0.15) is 66.2 Å². The Bertz CT molecular complexity index is 834. The fourth-order valence-electron chi connectivity index (χ4n) is 2.98. The summed E-state index contributed by atoms with van der Waals surface area (Å²) < 4.78 is 24.1. The number of halogens is 1. The molecule has 0 unspecified atom stereocenters. The molecule has 0 spiro atoms. The van der Waals surface area contributed by atoms with Crippen LogP contribution in [-0.2, 0) is 4.79 Å². The molecule has 30 heavy (non-hydrogen) atoms. The van der Waals surface area contributed by atoms with E-state index in [9.17, 15) is 4.79 Å². The van der Waals surface area contributed by atoms with Crippen LogP contribution in [0.15, 0.2) is 18.2 Å². The highest BCUT2D eigenvalue weighted by atomic mass is 35.5. The molecule has 0 radical (unpaired) electrons. The lowest BCUT2D eigenvalue weighted by Crippen LogP contribution is -2.11. The predicted molar refractivity (Wildman–Crippen MR) is 121 cm³/mol. The summed E-state index contributed by atoms with van der Waals surface area (Å²) in [4.78, 5) is 12.2. The highest BCUT2D eigenvalue weighted by Crippen LogP contribution is 2.52. The maximum atomic E-state index is 12.2. The van der Waals surface area contributed by atoms with Crippen molar-refractivity contribution in [2.75, 3.05) is 19.8 Å². The summed E-state index contributed by atoms with van der Waals surface area (Å²) in [6, 6.07) is 5.44. The second-order valence-electron chi connectivity index (χ2n) is 7.09. The van der Waals surface area contributed by atoms with Gasteiger partial charge in [-0.2, -0.15) is 0 Å². The molecule has 0 bridgehead atoms. The van der Waals surface area contributed by atoms with Crippen LogP contribution in [-0.4, -0.2) is 25.8 Å². The summed E-state index contributed by atoms with van der Waals surface area (Å²) in [5.74, 6) is 1.46. The average molecular weight is 437 g/mol. The number of rotatable bonds is 13. The molecule has 166 valence electrons. The minimum absolute atomic E-state index is 0.246. The van der Waals surface area contributed by atoms with Gasteiger partial charge in [0.05, 0.1) is 19.8 Å². The SMILES string of the molecule is CCCCCOc1c(OCCC)c(OCCC)c(OC(=O)CC)c2cc(Cl)ccc12. The normalized spacial score (nSPS) is 10.8. The first kappa shape index (κ1) is 24.1. The zero-order valence-corrected chi connectivity index (χ0v) is 19.3. The minimum atomic E-state index is -0.351. The highest BCUT2D eigenvalue weighted by Gasteiger charge is 2.26. The maximum absolute atomic E-state index is 12.2. The molecule has 0 saturated carbocycles. The van der Waals surface area contributed by atoms with Crippen molar-refractivity contribution in [1.29, 1.82) is 0 Å². The number of hydrogen-bond acceptors (Lipinski definition) is 5. The fourth-order valence-corrected chi connectivity index (χ4v) is 3.15. The second-order valence-corrected chi connectivity index (χ2v) is 7.52. The molecule has 2 rings (SSSR count). The van der Waals surface area contributed by atoms with Gasteiger partial charge in [-0.15, -0.1) is 0 Å².